The molecule has 0 saturated carbocycles. The summed E-state index contributed by atoms with van der Waals surface area (Å²) in [6.07, 6.45) is 4.81. The normalized spacial score (nSPS) is 15.5. The molecule has 1 unspecified atom stereocenters. The molecule has 0 amide bonds. The van der Waals surface area contributed by atoms with Gasteiger partial charge in [-0.15, -0.1) is 0 Å². The Labute approximate surface area is 181 Å². The maximum absolute atomic E-state index is 10.2. The Hall–Kier alpha value is -3.03. The highest BCUT2D eigenvalue weighted by Crippen LogP contribution is 2.32. The van der Waals surface area contributed by atoms with E-state index in [2.05, 4.69) is 9.55 Å². The third-order valence-electron chi connectivity index (χ3n) is 5.57. The Morgan fingerprint density at radius 3 is 2.81 bits per heavy atom. The Morgan fingerprint density at radius 1 is 1.03 bits per heavy atom. The standard InChI is InChI=1S/C24H26N2O5/c27-20(14-28-13-17-4-9-22-23(11-17)31-16-30-22)15-29-21-7-5-18(6-8-21)24-25-12-19-3-1-2-10-26(19)24/h4-9,11-12,20,27H,1-3,10,13-16H2. The molecule has 1 atom stereocenters. The molecule has 7 heteroatoms. The van der Waals surface area contributed by atoms with Crippen molar-refractivity contribution < 1.29 is 24.1 Å². The second kappa shape index (κ2) is 8.99. The average molecular weight is 422 g/mol. The van der Waals surface area contributed by atoms with Gasteiger partial charge in [0.05, 0.1) is 13.2 Å². The SMILES string of the molecule is OC(COCc1ccc2c(c1)OCO2)COc1ccc(-c2ncc3n2CCCC3)cc1. The fraction of sp³-hybridized carbons (Fsp3) is 0.375. The highest BCUT2D eigenvalue weighted by Gasteiger charge is 2.16. The largest absolute Gasteiger partial charge is 0.491 e. The van der Waals surface area contributed by atoms with Crippen molar-refractivity contribution in [2.24, 2.45) is 0 Å². The van der Waals surface area contributed by atoms with Gasteiger partial charge in [-0.25, -0.2) is 4.98 Å². The number of aliphatic hydroxyl groups excluding tert-OH is 1. The zero-order chi connectivity index (χ0) is 21.0. The van der Waals surface area contributed by atoms with E-state index in [0.29, 0.717) is 12.4 Å². The predicted molar refractivity (Wildman–Crippen MR) is 114 cm³/mol. The van der Waals surface area contributed by atoms with E-state index in [9.17, 15) is 5.11 Å². The third kappa shape index (κ3) is 4.52. The smallest absolute Gasteiger partial charge is 0.231 e. The Kier molecular flexibility index (Phi) is 5.78. The fourth-order valence-corrected chi connectivity index (χ4v) is 3.95. The van der Waals surface area contributed by atoms with Crippen LogP contribution in [0.4, 0.5) is 0 Å². The third-order valence-corrected chi connectivity index (χ3v) is 5.57. The highest BCUT2D eigenvalue weighted by molar-refractivity contribution is 5.57. The molecule has 31 heavy (non-hydrogen) atoms. The fourth-order valence-electron chi connectivity index (χ4n) is 3.95. The number of hydrogen-bond donors (Lipinski definition) is 1. The zero-order valence-electron chi connectivity index (χ0n) is 17.3. The number of aromatic nitrogens is 2. The van der Waals surface area contributed by atoms with Gasteiger partial charge < -0.3 is 28.6 Å². The molecule has 162 valence electrons. The molecule has 5 rings (SSSR count). The minimum Gasteiger partial charge on any atom is -0.491 e. The molecule has 1 aromatic heterocycles. The van der Waals surface area contributed by atoms with Crippen molar-refractivity contribution in [1.82, 2.24) is 9.55 Å². The van der Waals surface area contributed by atoms with E-state index in [-0.39, 0.29) is 20.0 Å². The molecule has 0 saturated heterocycles. The molecular weight excluding hydrogens is 396 g/mol. The van der Waals surface area contributed by atoms with E-state index in [1.54, 1.807) is 0 Å². The van der Waals surface area contributed by atoms with Crippen LogP contribution in [0.1, 0.15) is 24.1 Å². The summed E-state index contributed by atoms with van der Waals surface area (Å²) in [5, 5.41) is 10.2. The predicted octanol–water partition coefficient (Wildman–Crippen LogP) is 3.57. The summed E-state index contributed by atoms with van der Waals surface area (Å²) >= 11 is 0. The van der Waals surface area contributed by atoms with Gasteiger partial charge in [0.1, 0.15) is 24.3 Å². The van der Waals surface area contributed by atoms with Crippen LogP contribution in [0.5, 0.6) is 17.2 Å². The van der Waals surface area contributed by atoms with Gasteiger partial charge in [0.15, 0.2) is 11.5 Å². The van der Waals surface area contributed by atoms with Crippen molar-refractivity contribution >= 4 is 0 Å². The molecule has 0 radical (unpaired) electrons. The maximum Gasteiger partial charge on any atom is 0.231 e. The molecule has 1 N–H and O–H groups in total. The Bertz CT molecular complexity index is 1030. The van der Waals surface area contributed by atoms with Gasteiger partial charge in [0.25, 0.3) is 0 Å². The van der Waals surface area contributed by atoms with Crippen molar-refractivity contribution in [3.05, 3.63) is 59.9 Å². The van der Waals surface area contributed by atoms with Gasteiger partial charge in [-0.2, -0.15) is 0 Å². The average Bonchev–Trinajstić information content (AvgIpc) is 3.45. The number of benzene rings is 2. The Morgan fingerprint density at radius 2 is 1.90 bits per heavy atom. The minimum atomic E-state index is -0.715. The topological polar surface area (TPSA) is 75.0 Å². The van der Waals surface area contributed by atoms with Crippen LogP contribution in [0.2, 0.25) is 0 Å². The molecule has 0 bridgehead atoms. The van der Waals surface area contributed by atoms with Gasteiger partial charge >= 0.3 is 0 Å². The van der Waals surface area contributed by atoms with Crippen molar-refractivity contribution in [3.63, 3.8) is 0 Å². The van der Waals surface area contributed by atoms with Crippen LogP contribution >= 0.6 is 0 Å². The van der Waals surface area contributed by atoms with Crippen LogP contribution in [0.3, 0.4) is 0 Å². The Balaban J connectivity index is 1.09. The van der Waals surface area contributed by atoms with Gasteiger partial charge in [0, 0.05) is 24.0 Å². The van der Waals surface area contributed by atoms with Gasteiger partial charge in [-0.3, -0.25) is 0 Å². The van der Waals surface area contributed by atoms with Crippen molar-refractivity contribution in [1.29, 1.82) is 0 Å². The lowest BCUT2D eigenvalue weighted by Gasteiger charge is -2.17. The number of fused-ring (bicyclic) bond motifs is 2. The van der Waals surface area contributed by atoms with Crippen molar-refractivity contribution in [2.45, 2.75) is 38.5 Å². The maximum atomic E-state index is 10.2. The summed E-state index contributed by atoms with van der Waals surface area (Å²) in [6, 6.07) is 13.5. The van der Waals surface area contributed by atoms with Gasteiger partial charge in [-0.05, 0) is 61.2 Å². The highest BCUT2D eigenvalue weighted by atomic mass is 16.7. The van der Waals surface area contributed by atoms with E-state index in [1.807, 2.05) is 48.7 Å². The number of nitrogens with zero attached hydrogens (tertiary/aromatic N) is 2. The summed E-state index contributed by atoms with van der Waals surface area (Å²) in [7, 11) is 0. The first-order valence-corrected chi connectivity index (χ1v) is 10.7. The van der Waals surface area contributed by atoms with Crippen LogP contribution in [0.25, 0.3) is 11.4 Å². The molecule has 3 heterocycles. The molecule has 0 spiro atoms. The van der Waals surface area contributed by atoms with E-state index in [1.165, 1.54) is 18.5 Å². The number of aryl methyl sites for hydroxylation is 1. The van der Waals surface area contributed by atoms with E-state index in [0.717, 1.165) is 41.4 Å². The molecule has 0 aliphatic carbocycles. The quantitative estimate of drug-likeness (QED) is 0.598. The van der Waals surface area contributed by atoms with E-state index < -0.39 is 6.10 Å². The second-order valence-electron chi connectivity index (χ2n) is 7.87. The van der Waals surface area contributed by atoms with Crippen molar-refractivity contribution in [3.8, 4) is 28.6 Å². The van der Waals surface area contributed by atoms with E-state index in [4.69, 9.17) is 18.9 Å². The van der Waals surface area contributed by atoms with Crippen molar-refractivity contribution in [2.75, 3.05) is 20.0 Å². The minimum absolute atomic E-state index is 0.166. The number of imidazole rings is 1. The lowest BCUT2D eigenvalue weighted by molar-refractivity contribution is 0.00546. The second-order valence-corrected chi connectivity index (χ2v) is 7.87. The summed E-state index contributed by atoms with van der Waals surface area (Å²) in [6.45, 7) is 2.02. The summed E-state index contributed by atoms with van der Waals surface area (Å²) in [4.78, 5) is 4.60. The number of aliphatic hydroxyl groups is 1. The summed E-state index contributed by atoms with van der Waals surface area (Å²) in [5.41, 5.74) is 3.35. The van der Waals surface area contributed by atoms with Crippen LogP contribution < -0.4 is 14.2 Å². The summed E-state index contributed by atoms with van der Waals surface area (Å²) < 4.78 is 24.3. The van der Waals surface area contributed by atoms with E-state index >= 15 is 0 Å². The van der Waals surface area contributed by atoms with Crippen LogP contribution in [0, 0.1) is 0 Å². The van der Waals surface area contributed by atoms with Crippen LogP contribution in [-0.2, 0) is 24.3 Å². The molecule has 2 aromatic carbocycles. The molecule has 7 nitrogen and oxygen atoms in total. The first kappa shape index (κ1) is 19.9. The molecule has 2 aliphatic heterocycles. The van der Waals surface area contributed by atoms with Crippen LogP contribution in [-0.4, -0.2) is 40.8 Å². The lowest BCUT2D eigenvalue weighted by atomic mass is 10.1. The molecular formula is C24H26N2O5. The molecule has 0 fully saturated rings. The first-order chi connectivity index (χ1) is 15.3. The molecule has 3 aromatic rings. The monoisotopic (exact) mass is 422 g/mol. The first-order valence-electron chi connectivity index (χ1n) is 10.7. The number of ether oxygens (including phenoxy) is 4. The number of hydrogen-bond acceptors (Lipinski definition) is 6. The number of rotatable bonds is 8. The van der Waals surface area contributed by atoms with Gasteiger partial charge in [0.2, 0.25) is 6.79 Å². The van der Waals surface area contributed by atoms with Gasteiger partial charge in [-0.1, -0.05) is 6.07 Å². The lowest BCUT2D eigenvalue weighted by Crippen LogP contribution is -2.23. The molecule has 2 aliphatic rings. The zero-order valence-corrected chi connectivity index (χ0v) is 17.3. The summed E-state index contributed by atoms with van der Waals surface area (Å²) in [5.74, 6) is 3.20. The van der Waals surface area contributed by atoms with Crippen LogP contribution in [0.15, 0.2) is 48.7 Å².